The number of nitrogens with zero attached hydrogens (tertiary/aromatic N) is 1. The molecule has 2 aromatic carbocycles. The normalized spacial score (nSPS) is 15.1. The van der Waals surface area contributed by atoms with Gasteiger partial charge in [0.15, 0.2) is 5.78 Å². The van der Waals surface area contributed by atoms with Crippen molar-refractivity contribution < 1.29 is 27.9 Å². The Bertz CT molecular complexity index is 1350. The molecule has 1 aromatic heterocycles. The van der Waals surface area contributed by atoms with Crippen molar-refractivity contribution in [2.24, 2.45) is 0 Å². The molecule has 9 heteroatoms. The van der Waals surface area contributed by atoms with Crippen molar-refractivity contribution in [3.63, 3.8) is 0 Å². The minimum atomic E-state index is -4.15. The van der Waals surface area contributed by atoms with Gasteiger partial charge in [0.1, 0.15) is 5.60 Å². The highest BCUT2D eigenvalue weighted by Gasteiger charge is 2.34. The number of carbonyl (C=O) groups is 2. The van der Waals surface area contributed by atoms with Gasteiger partial charge in [-0.05, 0) is 67.6 Å². The van der Waals surface area contributed by atoms with Gasteiger partial charge in [0, 0.05) is 11.1 Å². The van der Waals surface area contributed by atoms with Crippen LogP contribution in [-0.2, 0) is 25.2 Å². The molecule has 0 radical (unpaired) electrons. The maximum Gasteiger partial charge on any atom is 0.411 e. The van der Waals surface area contributed by atoms with Crippen molar-refractivity contribution in [2.45, 2.75) is 17.4 Å². The number of carbonyl (C=O) groups excluding carboxylic acids is 2. The SMILES string of the molecule is CCOC(=O)Nc1ccc(S(=O)(=O)n2c(C3(O)C=CC(=O)C=C3)cc3ccccc32)cc1. The first-order valence-electron chi connectivity index (χ1n) is 9.80. The first-order chi connectivity index (χ1) is 15.2. The Morgan fingerprint density at radius 2 is 1.75 bits per heavy atom. The van der Waals surface area contributed by atoms with Crippen LogP contribution >= 0.6 is 0 Å². The number of aliphatic hydroxyl groups is 1. The summed E-state index contributed by atoms with van der Waals surface area (Å²) in [6.45, 7) is 1.88. The highest BCUT2D eigenvalue weighted by atomic mass is 32.2. The molecule has 3 aromatic rings. The largest absolute Gasteiger partial charge is 0.450 e. The second-order valence-electron chi connectivity index (χ2n) is 7.12. The van der Waals surface area contributed by atoms with Crippen molar-refractivity contribution in [3.8, 4) is 0 Å². The van der Waals surface area contributed by atoms with E-state index in [1.165, 1.54) is 48.6 Å². The van der Waals surface area contributed by atoms with E-state index in [1.54, 1.807) is 37.3 Å². The van der Waals surface area contributed by atoms with Crippen LogP contribution in [-0.4, -0.2) is 36.0 Å². The number of para-hydroxylation sites is 1. The van der Waals surface area contributed by atoms with Gasteiger partial charge in [0.25, 0.3) is 10.0 Å². The van der Waals surface area contributed by atoms with Gasteiger partial charge in [-0.2, -0.15) is 0 Å². The van der Waals surface area contributed by atoms with Crippen LogP contribution in [0.3, 0.4) is 0 Å². The summed E-state index contributed by atoms with van der Waals surface area (Å²) in [5.74, 6) is -0.301. The number of anilines is 1. The summed E-state index contributed by atoms with van der Waals surface area (Å²) >= 11 is 0. The number of benzene rings is 2. The van der Waals surface area contributed by atoms with Gasteiger partial charge in [-0.15, -0.1) is 0 Å². The molecule has 1 amide bonds. The number of hydrogen-bond acceptors (Lipinski definition) is 6. The van der Waals surface area contributed by atoms with Gasteiger partial charge in [-0.3, -0.25) is 10.1 Å². The molecule has 0 fully saturated rings. The van der Waals surface area contributed by atoms with Crippen molar-refractivity contribution >= 4 is 38.5 Å². The van der Waals surface area contributed by atoms with Crippen LogP contribution in [0.5, 0.6) is 0 Å². The Hall–Kier alpha value is -3.69. The zero-order valence-electron chi connectivity index (χ0n) is 17.1. The molecule has 0 atom stereocenters. The molecular weight excluding hydrogens is 432 g/mol. The molecule has 32 heavy (non-hydrogen) atoms. The highest BCUT2D eigenvalue weighted by Crippen LogP contribution is 2.35. The van der Waals surface area contributed by atoms with E-state index in [1.807, 2.05) is 0 Å². The molecule has 4 rings (SSSR count). The summed E-state index contributed by atoms with van der Waals surface area (Å²) in [4.78, 5) is 23.1. The minimum absolute atomic E-state index is 0.0436. The quantitative estimate of drug-likeness (QED) is 0.614. The standard InChI is InChI=1S/C23H20N2O6S/c1-2-31-22(27)24-17-7-9-19(10-8-17)32(29,30)25-20-6-4-3-5-16(20)15-21(25)23(28)13-11-18(26)12-14-23/h3-15,28H,2H2,1H3,(H,24,27). The van der Waals surface area contributed by atoms with Crippen molar-refractivity contribution in [3.05, 3.63) is 84.6 Å². The Balaban J connectivity index is 1.82. The average molecular weight is 452 g/mol. The van der Waals surface area contributed by atoms with Gasteiger partial charge in [-0.1, -0.05) is 18.2 Å². The van der Waals surface area contributed by atoms with Crippen LogP contribution < -0.4 is 5.32 Å². The minimum Gasteiger partial charge on any atom is -0.450 e. The maximum atomic E-state index is 13.6. The third-order valence-electron chi connectivity index (χ3n) is 4.99. The number of nitrogens with one attached hydrogen (secondary N) is 1. The summed E-state index contributed by atoms with van der Waals surface area (Å²) in [6, 6.07) is 14.0. The van der Waals surface area contributed by atoms with Crippen LogP contribution in [0.25, 0.3) is 10.9 Å². The number of fused-ring (bicyclic) bond motifs is 1. The third kappa shape index (κ3) is 3.83. The molecule has 1 heterocycles. The lowest BCUT2D eigenvalue weighted by atomic mass is 9.94. The molecule has 0 unspecified atom stereocenters. The number of ketones is 1. The van der Waals surface area contributed by atoms with E-state index in [0.29, 0.717) is 16.6 Å². The molecule has 0 saturated carbocycles. The van der Waals surface area contributed by atoms with Crippen molar-refractivity contribution in [1.82, 2.24) is 3.97 Å². The lowest BCUT2D eigenvalue weighted by Crippen LogP contribution is -2.29. The fourth-order valence-corrected chi connectivity index (χ4v) is 5.04. The topological polar surface area (TPSA) is 115 Å². The number of ether oxygens (including phenoxy) is 1. The zero-order valence-corrected chi connectivity index (χ0v) is 17.9. The van der Waals surface area contributed by atoms with Gasteiger partial charge >= 0.3 is 6.09 Å². The van der Waals surface area contributed by atoms with Crippen molar-refractivity contribution in [2.75, 3.05) is 11.9 Å². The Kier molecular flexibility index (Phi) is 5.45. The van der Waals surface area contributed by atoms with E-state index in [-0.39, 0.29) is 23.0 Å². The third-order valence-corrected chi connectivity index (χ3v) is 6.74. The van der Waals surface area contributed by atoms with Crippen LogP contribution in [0, 0.1) is 0 Å². The second-order valence-corrected chi connectivity index (χ2v) is 8.91. The van der Waals surface area contributed by atoms with Crippen molar-refractivity contribution in [1.29, 1.82) is 0 Å². The Morgan fingerprint density at radius 1 is 1.09 bits per heavy atom. The van der Waals surface area contributed by atoms with E-state index < -0.39 is 21.7 Å². The monoisotopic (exact) mass is 452 g/mol. The molecule has 0 spiro atoms. The first kappa shape index (κ1) is 21.5. The predicted octanol–water partition coefficient (Wildman–Crippen LogP) is 3.33. The van der Waals surface area contributed by atoms with Gasteiger partial charge < -0.3 is 9.84 Å². The summed E-state index contributed by atoms with van der Waals surface area (Å²) in [7, 11) is -4.15. The number of amides is 1. The molecule has 1 aliphatic rings. The van der Waals surface area contributed by atoms with E-state index in [2.05, 4.69) is 5.32 Å². The zero-order chi connectivity index (χ0) is 22.9. The summed E-state index contributed by atoms with van der Waals surface area (Å²) in [6.07, 6.45) is 4.29. The molecule has 1 aliphatic carbocycles. The van der Waals surface area contributed by atoms with Crippen LogP contribution in [0.15, 0.2) is 83.8 Å². The number of rotatable bonds is 5. The molecular formula is C23H20N2O6S. The molecule has 0 bridgehead atoms. The average Bonchev–Trinajstić information content (AvgIpc) is 3.18. The fourth-order valence-electron chi connectivity index (χ4n) is 3.47. The van der Waals surface area contributed by atoms with E-state index in [0.717, 1.165) is 3.97 Å². The van der Waals surface area contributed by atoms with Crippen LogP contribution in [0.1, 0.15) is 12.6 Å². The van der Waals surface area contributed by atoms with Gasteiger partial charge in [0.2, 0.25) is 0 Å². The lowest BCUT2D eigenvalue weighted by Gasteiger charge is -2.25. The molecule has 0 saturated heterocycles. The fraction of sp³-hybridized carbons (Fsp3) is 0.130. The molecule has 0 aliphatic heterocycles. The van der Waals surface area contributed by atoms with Gasteiger partial charge in [0.05, 0.1) is 22.7 Å². The van der Waals surface area contributed by atoms with Gasteiger partial charge in [-0.25, -0.2) is 17.2 Å². The highest BCUT2D eigenvalue weighted by molar-refractivity contribution is 7.90. The lowest BCUT2D eigenvalue weighted by molar-refractivity contribution is -0.110. The first-order valence-corrected chi connectivity index (χ1v) is 11.2. The number of aromatic nitrogens is 1. The summed E-state index contributed by atoms with van der Waals surface area (Å²) < 4.78 is 33.2. The molecule has 2 N–H and O–H groups in total. The van der Waals surface area contributed by atoms with E-state index >= 15 is 0 Å². The number of allylic oxidation sites excluding steroid dienone is 2. The van der Waals surface area contributed by atoms with E-state index in [4.69, 9.17) is 4.74 Å². The smallest absolute Gasteiger partial charge is 0.411 e. The second kappa shape index (κ2) is 8.10. The summed E-state index contributed by atoms with van der Waals surface area (Å²) in [5.41, 5.74) is -0.961. The Labute approximate surface area is 184 Å². The van der Waals surface area contributed by atoms with E-state index in [9.17, 15) is 23.1 Å². The molecule has 164 valence electrons. The maximum absolute atomic E-state index is 13.6. The van der Waals surface area contributed by atoms with Crippen LogP contribution in [0.4, 0.5) is 10.5 Å². The molecule has 8 nitrogen and oxygen atoms in total. The Morgan fingerprint density at radius 3 is 2.41 bits per heavy atom. The summed E-state index contributed by atoms with van der Waals surface area (Å²) in [5, 5.41) is 14.3. The predicted molar refractivity (Wildman–Crippen MR) is 119 cm³/mol. The number of hydrogen-bond donors (Lipinski definition) is 2. The van der Waals surface area contributed by atoms with Crippen LogP contribution in [0.2, 0.25) is 0 Å².